The van der Waals surface area contributed by atoms with Gasteiger partial charge in [-0.1, -0.05) is 11.6 Å². The van der Waals surface area contributed by atoms with Gasteiger partial charge >= 0.3 is 0 Å². The predicted octanol–water partition coefficient (Wildman–Crippen LogP) is 3.21. The molecule has 2 aromatic rings. The lowest BCUT2D eigenvalue weighted by molar-refractivity contribution is 0.0601. The third kappa shape index (κ3) is 3.58. The summed E-state index contributed by atoms with van der Waals surface area (Å²) in [5, 5.41) is 3.26. The molecule has 1 spiro atoms. The number of amides is 2. The maximum Gasteiger partial charge on any atom is 0.257 e. The molecule has 0 aliphatic carbocycles. The lowest BCUT2D eigenvalue weighted by atomic mass is 9.89. The first-order chi connectivity index (χ1) is 14.9. The van der Waals surface area contributed by atoms with Crippen molar-refractivity contribution in [2.75, 3.05) is 38.8 Å². The van der Waals surface area contributed by atoms with E-state index in [9.17, 15) is 9.59 Å². The van der Waals surface area contributed by atoms with Gasteiger partial charge in [0, 0.05) is 38.5 Å². The van der Waals surface area contributed by atoms with Crippen molar-refractivity contribution in [3.05, 3.63) is 53.1 Å². The van der Waals surface area contributed by atoms with Crippen LogP contribution in [0.2, 0.25) is 0 Å². The van der Waals surface area contributed by atoms with Crippen molar-refractivity contribution in [1.29, 1.82) is 0 Å². The summed E-state index contributed by atoms with van der Waals surface area (Å²) in [4.78, 5) is 30.2. The summed E-state index contributed by atoms with van der Waals surface area (Å²) < 4.78 is 10.6. The fraction of sp³-hybridized carbons (Fsp3) is 0.417. The standard InChI is InChI=1S/C24H29N3O4/c1-5-27-20-9-6-16(2)14-19(20)22(28)25-24(27)10-12-26(13-11-24)23(29)18-8-7-17(30-3)15-21(18)31-4/h6-9,14-15H,5,10-13H2,1-4H3,(H,25,28). The minimum atomic E-state index is -0.477. The summed E-state index contributed by atoms with van der Waals surface area (Å²) in [5.41, 5.74) is 2.78. The van der Waals surface area contributed by atoms with Crippen molar-refractivity contribution >= 4 is 17.5 Å². The number of benzene rings is 2. The minimum Gasteiger partial charge on any atom is -0.497 e. The van der Waals surface area contributed by atoms with Gasteiger partial charge in [0.05, 0.1) is 31.0 Å². The van der Waals surface area contributed by atoms with E-state index in [1.165, 1.54) is 0 Å². The lowest BCUT2D eigenvalue weighted by Gasteiger charge is -2.52. The van der Waals surface area contributed by atoms with Crippen molar-refractivity contribution in [3.8, 4) is 11.5 Å². The Bertz CT molecular complexity index is 1010. The number of ether oxygens (including phenoxy) is 2. The molecule has 7 nitrogen and oxygen atoms in total. The van der Waals surface area contributed by atoms with Crippen LogP contribution in [0.1, 0.15) is 46.0 Å². The van der Waals surface area contributed by atoms with Gasteiger partial charge in [-0.25, -0.2) is 0 Å². The molecule has 1 fully saturated rings. The number of carbonyl (C=O) groups excluding carboxylic acids is 2. The van der Waals surface area contributed by atoms with E-state index < -0.39 is 5.66 Å². The van der Waals surface area contributed by atoms with E-state index in [4.69, 9.17) is 9.47 Å². The van der Waals surface area contributed by atoms with Crippen LogP contribution in [0.4, 0.5) is 5.69 Å². The minimum absolute atomic E-state index is 0.0417. The number of likely N-dealkylation sites (tertiary alicyclic amines) is 1. The van der Waals surface area contributed by atoms with Crippen LogP contribution in [0.3, 0.4) is 0 Å². The third-order valence-electron chi connectivity index (χ3n) is 6.38. The highest BCUT2D eigenvalue weighted by Gasteiger charge is 2.46. The van der Waals surface area contributed by atoms with E-state index in [-0.39, 0.29) is 11.8 Å². The van der Waals surface area contributed by atoms with Crippen LogP contribution in [-0.4, -0.2) is 56.2 Å². The van der Waals surface area contributed by atoms with Crippen molar-refractivity contribution in [2.24, 2.45) is 0 Å². The Morgan fingerprint density at radius 3 is 2.48 bits per heavy atom. The van der Waals surface area contributed by atoms with Crippen LogP contribution in [-0.2, 0) is 0 Å². The molecule has 0 unspecified atom stereocenters. The van der Waals surface area contributed by atoms with Gasteiger partial charge in [-0.2, -0.15) is 0 Å². The van der Waals surface area contributed by atoms with Crippen LogP contribution in [0, 0.1) is 6.92 Å². The second kappa shape index (κ2) is 8.13. The average molecular weight is 424 g/mol. The Labute approximate surface area is 182 Å². The number of piperidine rings is 1. The Kier molecular flexibility index (Phi) is 5.52. The second-order valence-corrected chi connectivity index (χ2v) is 8.11. The molecule has 2 aliphatic heterocycles. The highest BCUT2D eigenvalue weighted by Crippen LogP contribution is 2.38. The molecular formula is C24H29N3O4. The van der Waals surface area contributed by atoms with Crippen LogP contribution in [0.5, 0.6) is 11.5 Å². The van der Waals surface area contributed by atoms with Crippen LogP contribution in [0.25, 0.3) is 0 Å². The average Bonchev–Trinajstić information content (AvgIpc) is 2.79. The number of carbonyl (C=O) groups is 2. The first-order valence-corrected chi connectivity index (χ1v) is 10.6. The molecule has 0 radical (unpaired) electrons. The topological polar surface area (TPSA) is 71.1 Å². The van der Waals surface area contributed by atoms with Crippen molar-refractivity contribution in [2.45, 2.75) is 32.4 Å². The predicted molar refractivity (Wildman–Crippen MR) is 119 cm³/mol. The van der Waals surface area contributed by atoms with Gasteiger partial charge in [0.2, 0.25) is 0 Å². The van der Waals surface area contributed by atoms with E-state index in [0.29, 0.717) is 48.6 Å². The Morgan fingerprint density at radius 2 is 1.84 bits per heavy atom. The zero-order valence-electron chi connectivity index (χ0n) is 18.5. The molecule has 0 aromatic heterocycles. The molecule has 1 N–H and O–H groups in total. The quantitative estimate of drug-likeness (QED) is 0.818. The molecular weight excluding hydrogens is 394 g/mol. The number of nitrogens with one attached hydrogen (secondary N) is 1. The molecule has 4 rings (SSSR count). The van der Waals surface area contributed by atoms with E-state index >= 15 is 0 Å². The van der Waals surface area contributed by atoms with Crippen molar-refractivity contribution < 1.29 is 19.1 Å². The van der Waals surface area contributed by atoms with E-state index in [1.54, 1.807) is 32.4 Å². The summed E-state index contributed by atoms with van der Waals surface area (Å²) in [5.74, 6) is 1.02. The zero-order valence-corrected chi connectivity index (χ0v) is 18.5. The summed E-state index contributed by atoms with van der Waals surface area (Å²) in [6.07, 6.45) is 1.31. The van der Waals surface area contributed by atoms with Gasteiger partial charge in [0.1, 0.15) is 17.2 Å². The van der Waals surface area contributed by atoms with Gasteiger partial charge in [-0.3, -0.25) is 9.59 Å². The summed E-state index contributed by atoms with van der Waals surface area (Å²) >= 11 is 0. The molecule has 0 atom stereocenters. The van der Waals surface area contributed by atoms with Gasteiger partial charge in [0.15, 0.2) is 0 Å². The number of nitrogens with zero attached hydrogens (tertiary/aromatic N) is 2. The van der Waals surface area contributed by atoms with Gasteiger partial charge in [-0.15, -0.1) is 0 Å². The molecule has 7 heteroatoms. The molecule has 2 amide bonds. The first-order valence-electron chi connectivity index (χ1n) is 10.6. The second-order valence-electron chi connectivity index (χ2n) is 8.11. The van der Waals surface area contributed by atoms with Crippen LogP contribution >= 0.6 is 0 Å². The van der Waals surface area contributed by atoms with Crippen molar-refractivity contribution in [1.82, 2.24) is 10.2 Å². The number of fused-ring (bicyclic) bond motifs is 1. The molecule has 2 aromatic carbocycles. The van der Waals surface area contributed by atoms with E-state index in [0.717, 1.165) is 17.8 Å². The Hall–Kier alpha value is -3.22. The SMILES string of the molecule is CCN1c2ccc(C)cc2C(=O)NC12CCN(C(=O)c1ccc(OC)cc1OC)CC2. The Balaban J connectivity index is 1.56. The smallest absolute Gasteiger partial charge is 0.257 e. The maximum absolute atomic E-state index is 13.2. The number of hydrogen-bond acceptors (Lipinski definition) is 5. The number of hydrogen-bond donors (Lipinski definition) is 1. The van der Waals surface area contributed by atoms with E-state index in [1.807, 2.05) is 30.0 Å². The van der Waals surface area contributed by atoms with Crippen LogP contribution in [0.15, 0.2) is 36.4 Å². The highest BCUT2D eigenvalue weighted by atomic mass is 16.5. The summed E-state index contributed by atoms with van der Waals surface area (Å²) in [6, 6.07) is 11.2. The highest BCUT2D eigenvalue weighted by molar-refractivity contribution is 6.03. The maximum atomic E-state index is 13.2. The largest absolute Gasteiger partial charge is 0.497 e. The number of aryl methyl sites for hydroxylation is 1. The molecule has 164 valence electrons. The number of methoxy groups -OCH3 is 2. The normalized spacial score (nSPS) is 17.2. The van der Waals surface area contributed by atoms with Gasteiger partial charge in [-0.05, 0) is 38.1 Å². The van der Waals surface area contributed by atoms with Crippen LogP contribution < -0.4 is 19.7 Å². The zero-order chi connectivity index (χ0) is 22.2. The number of rotatable bonds is 4. The first kappa shape index (κ1) is 21.0. The third-order valence-corrected chi connectivity index (χ3v) is 6.38. The summed E-state index contributed by atoms with van der Waals surface area (Å²) in [7, 11) is 3.13. The van der Waals surface area contributed by atoms with Crippen molar-refractivity contribution in [3.63, 3.8) is 0 Å². The van der Waals surface area contributed by atoms with E-state index in [2.05, 4.69) is 17.1 Å². The summed E-state index contributed by atoms with van der Waals surface area (Å²) in [6.45, 7) is 5.96. The fourth-order valence-corrected chi connectivity index (χ4v) is 4.74. The molecule has 31 heavy (non-hydrogen) atoms. The molecule has 0 saturated carbocycles. The molecule has 2 heterocycles. The molecule has 2 aliphatic rings. The van der Waals surface area contributed by atoms with Gasteiger partial charge in [0.25, 0.3) is 11.8 Å². The molecule has 1 saturated heterocycles. The molecule has 0 bridgehead atoms. The fourth-order valence-electron chi connectivity index (χ4n) is 4.74. The monoisotopic (exact) mass is 423 g/mol. The lowest BCUT2D eigenvalue weighted by Crippen LogP contribution is -2.68. The van der Waals surface area contributed by atoms with Gasteiger partial charge < -0.3 is 24.6 Å². The number of anilines is 1. The Morgan fingerprint density at radius 1 is 1.10 bits per heavy atom.